The summed E-state index contributed by atoms with van der Waals surface area (Å²) in [7, 11) is 1.61. The maximum Gasteiger partial charge on any atom is 0.233 e. The van der Waals surface area contributed by atoms with E-state index in [-0.39, 0.29) is 11.8 Å². The zero-order valence-corrected chi connectivity index (χ0v) is 9.73. The summed E-state index contributed by atoms with van der Waals surface area (Å²) in [5, 5.41) is 15.1. The van der Waals surface area contributed by atoms with E-state index in [1.54, 1.807) is 7.05 Å². The van der Waals surface area contributed by atoms with Gasteiger partial charge < -0.3 is 10.6 Å². The Bertz CT molecular complexity index is 451. The number of nitrogens with one attached hydrogen (secondary N) is 2. The van der Waals surface area contributed by atoms with Crippen LogP contribution < -0.4 is 10.6 Å². The van der Waals surface area contributed by atoms with Gasteiger partial charge in [0, 0.05) is 20.1 Å². The highest BCUT2D eigenvalue weighted by Crippen LogP contribution is 2.35. The number of carbonyl (C=O) groups excluding carboxylic acids is 1. The molecule has 1 saturated heterocycles. The van der Waals surface area contributed by atoms with Crippen LogP contribution in [-0.4, -0.2) is 26.0 Å². The van der Waals surface area contributed by atoms with Gasteiger partial charge in [0.05, 0.1) is 12.0 Å². The van der Waals surface area contributed by atoms with Crippen molar-refractivity contribution in [2.45, 2.75) is 5.41 Å². The van der Waals surface area contributed by atoms with Crippen molar-refractivity contribution in [2.24, 2.45) is 5.92 Å². The SMILES string of the molecule is CNC(=O)[C@@]1(c2ccccc2)CNCC1C#N. The first kappa shape index (κ1) is 11.6. The third-order valence-electron chi connectivity index (χ3n) is 3.42. The fourth-order valence-corrected chi connectivity index (χ4v) is 2.50. The summed E-state index contributed by atoms with van der Waals surface area (Å²) in [6, 6.07) is 11.8. The molecular formula is C13H15N3O. The van der Waals surface area contributed by atoms with E-state index in [1.807, 2.05) is 30.3 Å². The maximum absolute atomic E-state index is 12.2. The van der Waals surface area contributed by atoms with Crippen LogP contribution in [0.2, 0.25) is 0 Å². The normalized spacial score (nSPS) is 27.4. The zero-order valence-electron chi connectivity index (χ0n) is 9.73. The minimum Gasteiger partial charge on any atom is -0.358 e. The second-order valence-corrected chi connectivity index (χ2v) is 4.23. The Morgan fingerprint density at radius 3 is 2.82 bits per heavy atom. The molecule has 4 heteroatoms. The van der Waals surface area contributed by atoms with Crippen molar-refractivity contribution in [1.29, 1.82) is 5.26 Å². The molecule has 0 radical (unpaired) electrons. The quantitative estimate of drug-likeness (QED) is 0.772. The molecule has 0 aromatic heterocycles. The molecule has 4 nitrogen and oxygen atoms in total. The lowest BCUT2D eigenvalue weighted by Crippen LogP contribution is -2.48. The highest BCUT2D eigenvalue weighted by molar-refractivity contribution is 5.89. The van der Waals surface area contributed by atoms with E-state index >= 15 is 0 Å². The minimum atomic E-state index is -0.759. The standard InChI is InChI=1S/C13H15N3O/c1-15-12(17)13(9-16-8-11(13)7-14)10-5-3-2-4-6-10/h2-6,11,16H,8-9H2,1H3,(H,15,17)/t11?,13-/m1/s1. The molecule has 2 N–H and O–H groups in total. The van der Waals surface area contributed by atoms with Crippen LogP contribution in [0.1, 0.15) is 5.56 Å². The first-order chi connectivity index (χ1) is 8.25. The highest BCUT2D eigenvalue weighted by Gasteiger charge is 2.50. The van der Waals surface area contributed by atoms with E-state index in [4.69, 9.17) is 0 Å². The van der Waals surface area contributed by atoms with Crippen LogP contribution >= 0.6 is 0 Å². The monoisotopic (exact) mass is 229 g/mol. The predicted octanol–water partition coefficient (Wildman–Crippen LogP) is 0.413. The van der Waals surface area contributed by atoms with Gasteiger partial charge in [-0.15, -0.1) is 0 Å². The molecular weight excluding hydrogens is 214 g/mol. The molecule has 2 rings (SSSR count). The summed E-state index contributed by atoms with van der Waals surface area (Å²) in [6.07, 6.45) is 0. The molecule has 1 aliphatic heterocycles. The molecule has 1 heterocycles. The molecule has 17 heavy (non-hydrogen) atoms. The van der Waals surface area contributed by atoms with E-state index in [0.29, 0.717) is 13.1 Å². The van der Waals surface area contributed by atoms with Gasteiger partial charge in [0.2, 0.25) is 5.91 Å². The average molecular weight is 229 g/mol. The largest absolute Gasteiger partial charge is 0.358 e. The highest BCUT2D eigenvalue weighted by atomic mass is 16.2. The molecule has 0 spiro atoms. The van der Waals surface area contributed by atoms with Crippen LogP contribution in [-0.2, 0) is 10.2 Å². The molecule has 1 aliphatic rings. The summed E-state index contributed by atoms with van der Waals surface area (Å²) in [4.78, 5) is 12.2. The molecule has 0 saturated carbocycles. The third kappa shape index (κ3) is 1.69. The van der Waals surface area contributed by atoms with Crippen LogP contribution in [0, 0.1) is 17.2 Å². The van der Waals surface area contributed by atoms with E-state index in [1.165, 1.54) is 0 Å². The van der Waals surface area contributed by atoms with Gasteiger partial charge in [-0.2, -0.15) is 5.26 Å². The summed E-state index contributed by atoms with van der Waals surface area (Å²) < 4.78 is 0. The lowest BCUT2D eigenvalue weighted by atomic mass is 9.72. The van der Waals surface area contributed by atoms with Gasteiger partial charge in [-0.25, -0.2) is 0 Å². The Kier molecular flexibility index (Phi) is 3.12. The van der Waals surface area contributed by atoms with Crippen molar-refractivity contribution in [1.82, 2.24) is 10.6 Å². The van der Waals surface area contributed by atoms with Gasteiger partial charge in [-0.05, 0) is 5.56 Å². The van der Waals surface area contributed by atoms with Gasteiger partial charge in [0.15, 0.2) is 0 Å². The number of rotatable bonds is 2. The fourth-order valence-electron chi connectivity index (χ4n) is 2.50. The number of nitriles is 1. The Balaban J connectivity index is 2.52. The number of likely N-dealkylation sites (N-methyl/N-ethyl adjacent to an activating group) is 1. The summed E-state index contributed by atoms with van der Waals surface area (Å²) >= 11 is 0. The van der Waals surface area contributed by atoms with Crippen molar-refractivity contribution >= 4 is 5.91 Å². The Morgan fingerprint density at radius 1 is 1.53 bits per heavy atom. The van der Waals surface area contributed by atoms with E-state index in [9.17, 15) is 10.1 Å². The van der Waals surface area contributed by atoms with Gasteiger partial charge in [0.25, 0.3) is 0 Å². The number of carbonyl (C=O) groups is 1. The Labute approximate surface area is 101 Å². The van der Waals surface area contributed by atoms with Crippen molar-refractivity contribution < 1.29 is 4.79 Å². The maximum atomic E-state index is 12.2. The van der Waals surface area contributed by atoms with E-state index < -0.39 is 5.41 Å². The van der Waals surface area contributed by atoms with Crippen LogP contribution in [0.3, 0.4) is 0 Å². The molecule has 1 aromatic rings. The Morgan fingerprint density at radius 2 is 2.24 bits per heavy atom. The summed E-state index contributed by atoms with van der Waals surface area (Å²) in [5.74, 6) is -0.426. The van der Waals surface area contributed by atoms with Crippen molar-refractivity contribution in [3.05, 3.63) is 35.9 Å². The topological polar surface area (TPSA) is 64.9 Å². The van der Waals surface area contributed by atoms with Crippen molar-refractivity contribution in [3.8, 4) is 6.07 Å². The molecule has 1 unspecified atom stereocenters. The number of nitrogens with zero attached hydrogens (tertiary/aromatic N) is 1. The second kappa shape index (κ2) is 4.56. The predicted molar refractivity (Wildman–Crippen MR) is 64.2 cm³/mol. The van der Waals surface area contributed by atoms with Crippen LogP contribution in [0.15, 0.2) is 30.3 Å². The molecule has 88 valence electrons. The summed E-state index contributed by atoms with van der Waals surface area (Å²) in [6.45, 7) is 1.06. The van der Waals surface area contributed by atoms with Gasteiger partial charge in [-0.3, -0.25) is 4.79 Å². The van der Waals surface area contributed by atoms with Crippen molar-refractivity contribution in [2.75, 3.05) is 20.1 Å². The number of hydrogen-bond acceptors (Lipinski definition) is 3. The number of amides is 1. The van der Waals surface area contributed by atoms with Crippen LogP contribution in [0.25, 0.3) is 0 Å². The zero-order chi connectivity index (χ0) is 12.3. The lowest BCUT2D eigenvalue weighted by Gasteiger charge is -2.29. The minimum absolute atomic E-state index is 0.0970. The van der Waals surface area contributed by atoms with Crippen LogP contribution in [0.4, 0.5) is 0 Å². The molecule has 0 aliphatic carbocycles. The second-order valence-electron chi connectivity index (χ2n) is 4.23. The fraction of sp³-hybridized carbons (Fsp3) is 0.385. The number of benzene rings is 1. The third-order valence-corrected chi connectivity index (χ3v) is 3.42. The first-order valence-corrected chi connectivity index (χ1v) is 5.63. The summed E-state index contributed by atoms with van der Waals surface area (Å²) in [5.41, 5.74) is 0.140. The Hall–Kier alpha value is -1.86. The van der Waals surface area contributed by atoms with Crippen molar-refractivity contribution in [3.63, 3.8) is 0 Å². The lowest BCUT2D eigenvalue weighted by molar-refractivity contribution is -0.126. The first-order valence-electron chi connectivity index (χ1n) is 5.63. The molecule has 1 fully saturated rings. The average Bonchev–Trinajstić information content (AvgIpc) is 2.83. The molecule has 2 atom stereocenters. The van der Waals surface area contributed by atoms with Gasteiger partial charge in [0.1, 0.15) is 5.41 Å². The van der Waals surface area contributed by atoms with Gasteiger partial charge in [-0.1, -0.05) is 30.3 Å². The molecule has 1 aromatic carbocycles. The molecule has 1 amide bonds. The van der Waals surface area contributed by atoms with E-state index in [0.717, 1.165) is 5.56 Å². The van der Waals surface area contributed by atoms with E-state index in [2.05, 4.69) is 16.7 Å². The van der Waals surface area contributed by atoms with Gasteiger partial charge >= 0.3 is 0 Å². The number of hydrogen-bond donors (Lipinski definition) is 2. The smallest absolute Gasteiger partial charge is 0.233 e. The molecule has 0 bridgehead atoms. The van der Waals surface area contributed by atoms with Crippen LogP contribution in [0.5, 0.6) is 0 Å².